The minimum Gasteiger partial charge on any atom is -0.369 e. The van der Waals surface area contributed by atoms with E-state index in [1.165, 1.54) is 0 Å². The average Bonchev–Trinajstić information content (AvgIpc) is 3.06. The molecule has 4 rings (SSSR count). The zero-order chi connectivity index (χ0) is 22.3. The summed E-state index contributed by atoms with van der Waals surface area (Å²) in [6.45, 7) is 9.52. The number of hydrogen-bond donors (Lipinski definition) is 1. The van der Waals surface area contributed by atoms with Gasteiger partial charge in [0, 0.05) is 57.4 Å². The Bertz CT molecular complexity index is 684. The summed E-state index contributed by atoms with van der Waals surface area (Å²) in [4.78, 5) is 4.58. The van der Waals surface area contributed by atoms with Crippen molar-refractivity contribution in [2.75, 3.05) is 49.2 Å². The van der Waals surface area contributed by atoms with E-state index in [2.05, 4.69) is 29.0 Å². The van der Waals surface area contributed by atoms with E-state index >= 15 is 4.39 Å². The molecule has 0 aliphatic carbocycles. The third-order valence-corrected chi connectivity index (χ3v) is 7.44. The topological polar surface area (TPSA) is 37.0 Å². The fraction of sp³-hybridized carbons (Fsp3) is 0.769. The van der Waals surface area contributed by atoms with Gasteiger partial charge < -0.3 is 24.6 Å². The standard InChI is InChI=1S/C26H42FN3O2/c1-3-5-16-31-26(32-17-6-4-2)20-12-14-29(15-13-20)23-8-7-9-24(25(23)27)30-21-10-11-22(30)19-28-18-21/h7-9,20-22,26,28H,3-6,10-19H2,1-2H3. The maximum absolute atomic E-state index is 15.7. The summed E-state index contributed by atoms with van der Waals surface area (Å²) in [6, 6.07) is 6.81. The van der Waals surface area contributed by atoms with Gasteiger partial charge >= 0.3 is 0 Å². The van der Waals surface area contributed by atoms with Crippen molar-refractivity contribution in [1.82, 2.24) is 5.32 Å². The molecule has 1 aromatic carbocycles. The van der Waals surface area contributed by atoms with Crippen LogP contribution < -0.4 is 15.1 Å². The van der Waals surface area contributed by atoms with Crippen molar-refractivity contribution in [3.63, 3.8) is 0 Å². The highest BCUT2D eigenvalue weighted by Crippen LogP contribution is 2.38. The highest BCUT2D eigenvalue weighted by Gasteiger charge is 2.38. The molecule has 6 heteroatoms. The minimum atomic E-state index is -0.122. The molecule has 0 spiro atoms. The summed E-state index contributed by atoms with van der Waals surface area (Å²) in [5.74, 6) is 0.343. The number of benzene rings is 1. The Morgan fingerprint density at radius 2 is 1.53 bits per heavy atom. The van der Waals surface area contributed by atoms with Crippen LogP contribution in [0.15, 0.2) is 18.2 Å². The van der Waals surface area contributed by atoms with E-state index in [0.29, 0.717) is 18.0 Å². The summed E-state index contributed by atoms with van der Waals surface area (Å²) in [6.07, 6.45) is 8.54. The Kier molecular flexibility index (Phi) is 8.67. The van der Waals surface area contributed by atoms with Crippen molar-refractivity contribution in [2.24, 2.45) is 5.92 Å². The first-order chi connectivity index (χ1) is 15.7. The lowest BCUT2D eigenvalue weighted by atomic mass is 9.95. The van der Waals surface area contributed by atoms with Crippen LogP contribution in [0.2, 0.25) is 0 Å². The van der Waals surface area contributed by atoms with Crippen molar-refractivity contribution >= 4 is 11.4 Å². The largest absolute Gasteiger partial charge is 0.369 e. The Labute approximate surface area is 193 Å². The number of piperazine rings is 1. The van der Waals surface area contributed by atoms with Gasteiger partial charge in [0.15, 0.2) is 12.1 Å². The quantitative estimate of drug-likeness (QED) is 0.384. The molecule has 0 amide bonds. The SMILES string of the molecule is CCCCOC(OCCCC)C1CCN(c2cccc(N3C4CCC3CNC4)c2F)CC1. The second-order valence-electron chi connectivity index (χ2n) is 9.70. The van der Waals surface area contributed by atoms with E-state index in [4.69, 9.17) is 9.47 Å². The predicted octanol–water partition coefficient (Wildman–Crippen LogP) is 4.94. The monoisotopic (exact) mass is 447 g/mol. The molecule has 2 atom stereocenters. The molecular formula is C26H42FN3O2. The van der Waals surface area contributed by atoms with E-state index in [1.54, 1.807) is 0 Å². The van der Waals surface area contributed by atoms with Gasteiger partial charge in [0.05, 0.1) is 11.4 Å². The zero-order valence-electron chi connectivity index (χ0n) is 20.0. The van der Waals surface area contributed by atoms with E-state index < -0.39 is 0 Å². The van der Waals surface area contributed by atoms with Crippen molar-refractivity contribution in [3.05, 3.63) is 24.0 Å². The Morgan fingerprint density at radius 3 is 2.12 bits per heavy atom. The Morgan fingerprint density at radius 1 is 0.938 bits per heavy atom. The molecule has 0 saturated carbocycles. The first kappa shape index (κ1) is 23.8. The molecule has 0 aromatic heterocycles. The molecule has 180 valence electrons. The van der Waals surface area contributed by atoms with Crippen LogP contribution in [0.4, 0.5) is 15.8 Å². The number of unbranched alkanes of at least 4 members (excludes halogenated alkanes) is 2. The average molecular weight is 448 g/mol. The van der Waals surface area contributed by atoms with Crippen molar-refractivity contribution in [1.29, 1.82) is 0 Å². The first-order valence-corrected chi connectivity index (χ1v) is 13.0. The summed E-state index contributed by atoms with van der Waals surface area (Å²) >= 11 is 0. The molecule has 1 N–H and O–H groups in total. The van der Waals surface area contributed by atoms with E-state index in [0.717, 1.165) is 102 Å². The minimum absolute atomic E-state index is 0.0420. The van der Waals surface area contributed by atoms with Crippen LogP contribution in [0.5, 0.6) is 0 Å². The van der Waals surface area contributed by atoms with Gasteiger partial charge in [-0.25, -0.2) is 4.39 Å². The summed E-state index contributed by atoms with van der Waals surface area (Å²) in [7, 11) is 0. The van der Waals surface area contributed by atoms with Crippen LogP contribution >= 0.6 is 0 Å². The molecular weight excluding hydrogens is 405 g/mol. The number of rotatable bonds is 11. The Balaban J connectivity index is 1.39. The van der Waals surface area contributed by atoms with E-state index in [-0.39, 0.29) is 12.1 Å². The van der Waals surface area contributed by atoms with Gasteiger partial charge in [-0.05, 0) is 50.7 Å². The van der Waals surface area contributed by atoms with Gasteiger partial charge in [-0.3, -0.25) is 0 Å². The second kappa shape index (κ2) is 11.7. The van der Waals surface area contributed by atoms with Crippen molar-refractivity contribution in [3.8, 4) is 0 Å². The molecule has 0 radical (unpaired) electrons. The number of ether oxygens (including phenoxy) is 2. The van der Waals surface area contributed by atoms with Gasteiger partial charge in [-0.15, -0.1) is 0 Å². The molecule has 3 saturated heterocycles. The predicted molar refractivity (Wildman–Crippen MR) is 129 cm³/mol. The van der Waals surface area contributed by atoms with Gasteiger partial charge in [0.1, 0.15) is 0 Å². The van der Waals surface area contributed by atoms with Crippen LogP contribution in [0, 0.1) is 11.7 Å². The van der Waals surface area contributed by atoms with Gasteiger partial charge in [-0.1, -0.05) is 32.8 Å². The van der Waals surface area contributed by atoms with Crippen LogP contribution in [0.25, 0.3) is 0 Å². The molecule has 3 aliphatic rings. The number of hydrogen-bond acceptors (Lipinski definition) is 5. The zero-order valence-corrected chi connectivity index (χ0v) is 20.0. The molecule has 1 aromatic rings. The summed E-state index contributed by atoms with van der Waals surface area (Å²) in [5.41, 5.74) is 1.55. The lowest BCUT2D eigenvalue weighted by molar-refractivity contribution is -0.177. The molecule has 2 bridgehead atoms. The second-order valence-corrected chi connectivity index (χ2v) is 9.70. The highest BCUT2D eigenvalue weighted by molar-refractivity contribution is 5.63. The van der Waals surface area contributed by atoms with Crippen LogP contribution in [-0.2, 0) is 9.47 Å². The summed E-state index contributed by atoms with van der Waals surface area (Å²) < 4.78 is 28.0. The van der Waals surface area contributed by atoms with Gasteiger partial charge in [-0.2, -0.15) is 0 Å². The van der Waals surface area contributed by atoms with Crippen LogP contribution in [0.1, 0.15) is 65.2 Å². The number of anilines is 2. The highest BCUT2D eigenvalue weighted by atomic mass is 19.1. The molecule has 3 aliphatic heterocycles. The third kappa shape index (κ3) is 5.40. The van der Waals surface area contributed by atoms with Crippen LogP contribution in [-0.4, -0.2) is 57.8 Å². The van der Waals surface area contributed by atoms with E-state index in [1.807, 2.05) is 18.2 Å². The van der Waals surface area contributed by atoms with Gasteiger partial charge in [0.25, 0.3) is 0 Å². The first-order valence-electron chi connectivity index (χ1n) is 13.0. The molecule has 3 fully saturated rings. The smallest absolute Gasteiger partial charge is 0.169 e. The van der Waals surface area contributed by atoms with Gasteiger partial charge in [0.2, 0.25) is 0 Å². The molecule has 32 heavy (non-hydrogen) atoms. The third-order valence-electron chi connectivity index (χ3n) is 7.44. The number of halogens is 1. The fourth-order valence-electron chi connectivity index (χ4n) is 5.54. The maximum atomic E-state index is 15.7. The number of fused-ring (bicyclic) bond motifs is 2. The van der Waals surface area contributed by atoms with Crippen molar-refractivity contribution < 1.29 is 13.9 Å². The lowest BCUT2D eigenvalue weighted by Crippen LogP contribution is -2.52. The number of nitrogens with one attached hydrogen (secondary N) is 1. The fourth-order valence-corrected chi connectivity index (χ4v) is 5.54. The molecule has 5 nitrogen and oxygen atoms in total. The normalized spacial score (nSPS) is 24.0. The summed E-state index contributed by atoms with van der Waals surface area (Å²) in [5, 5.41) is 3.50. The maximum Gasteiger partial charge on any atom is 0.169 e. The van der Waals surface area contributed by atoms with Crippen LogP contribution in [0.3, 0.4) is 0 Å². The number of nitrogens with zero attached hydrogens (tertiary/aromatic N) is 2. The van der Waals surface area contributed by atoms with Crippen molar-refractivity contribution in [2.45, 2.75) is 83.6 Å². The Hall–Kier alpha value is -1.37. The number of piperidine rings is 1. The molecule has 3 heterocycles. The van der Waals surface area contributed by atoms with E-state index in [9.17, 15) is 0 Å². The lowest BCUT2D eigenvalue weighted by Gasteiger charge is -2.39. The molecule has 2 unspecified atom stereocenters.